The molecule has 1 aromatic rings. The van der Waals surface area contributed by atoms with E-state index in [1.165, 1.54) is 6.92 Å². The Balaban J connectivity index is 3.50. The largest absolute Gasteiger partial charge is 0.464 e. The lowest BCUT2D eigenvalue weighted by atomic mass is 9.96. The van der Waals surface area contributed by atoms with E-state index in [0.717, 1.165) is 25.0 Å². The molecule has 0 radical (unpaired) electrons. The third kappa shape index (κ3) is 8.26. The first-order chi connectivity index (χ1) is 15.7. The fraction of sp³-hybridized carbons (Fsp3) is 0.476. The Bertz CT molecular complexity index is 1050. The van der Waals surface area contributed by atoms with Crippen molar-refractivity contribution in [3.05, 3.63) is 33.6 Å². The van der Waals surface area contributed by atoms with Crippen molar-refractivity contribution in [1.82, 2.24) is 20.3 Å². The van der Waals surface area contributed by atoms with Gasteiger partial charge in [0, 0.05) is 6.42 Å². The Hall–Kier alpha value is -3.27. The number of terminal acetylenes is 1. The monoisotopic (exact) mass is 546 g/mol. The number of hydrogen-bond acceptors (Lipinski definition) is 8. The molecule has 0 aliphatic heterocycles. The number of halogens is 3. The number of nitrogens with zero attached hydrogens (tertiary/aromatic N) is 3. The van der Waals surface area contributed by atoms with Crippen LogP contribution in [0.4, 0.5) is 13.6 Å². The second kappa shape index (κ2) is 11.7. The van der Waals surface area contributed by atoms with E-state index in [0.29, 0.717) is 0 Å². The molecule has 1 N–H and O–H groups in total. The first kappa shape index (κ1) is 28.8. The molecule has 1 rings (SSSR count). The van der Waals surface area contributed by atoms with E-state index < -0.39 is 65.2 Å². The molecule has 1 aromatic heterocycles. The highest BCUT2D eigenvalue weighted by Gasteiger charge is 2.36. The van der Waals surface area contributed by atoms with Gasteiger partial charge in [-0.15, -0.1) is 11.5 Å². The number of rotatable bonds is 8. The van der Waals surface area contributed by atoms with E-state index in [4.69, 9.17) is 11.2 Å². The van der Waals surface area contributed by atoms with Crippen molar-refractivity contribution in [1.29, 1.82) is 0 Å². The van der Waals surface area contributed by atoms with Crippen molar-refractivity contribution in [3.63, 3.8) is 0 Å². The topological polar surface area (TPSA) is 122 Å². The van der Waals surface area contributed by atoms with Crippen LogP contribution in [0.25, 0.3) is 0 Å². The van der Waals surface area contributed by atoms with Gasteiger partial charge in [-0.05, 0) is 49.7 Å². The van der Waals surface area contributed by atoms with Gasteiger partial charge in [0.05, 0.1) is 30.8 Å². The summed E-state index contributed by atoms with van der Waals surface area (Å²) >= 11 is 2.89. The standard InChI is InChI=1S/C21H25BrF2N4O6/c1-8-12(22)9-13(23)14(24)10-21(5,25-19(31)34-20(2,3)4)11-28-16(18(30)33-7)15(26-27-28)17(29)32-6/h1,9H,10-11H2,2-7H3,(H,25,31)/b12-9+,14-13-/t21-/m1/s1. The average molecular weight is 547 g/mol. The molecule has 1 heterocycles. The van der Waals surface area contributed by atoms with Crippen molar-refractivity contribution >= 4 is 34.0 Å². The molecular formula is C21H25BrF2N4O6. The number of carbonyl (C=O) groups excluding carboxylic acids is 3. The number of aromatic nitrogens is 3. The van der Waals surface area contributed by atoms with Crippen LogP contribution in [0.15, 0.2) is 22.2 Å². The van der Waals surface area contributed by atoms with Crippen LogP contribution in [0.5, 0.6) is 0 Å². The van der Waals surface area contributed by atoms with Gasteiger partial charge in [0.15, 0.2) is 11.5 Å². The predicted octanol–water partition coefficient (Wildman–Crippen LogP) is 3.59. The van der Waals surface area contributed by atoms with Gasteiger partial charge in [-0.1, -0.05) is 11.1 Å². The number of carbonyl (C=O) groups is 3. The number of hydrogen-bond donors (Lipinski definition) is 1. The number of amides is 1. The summed E-state index contributed by atoms with van der Waals surface area (Å²) in [4.78, 5) is 36.7. The number of ether oxygens (including phenoxy) is 3. The Morgan fingerprint density at radius 3 is 2.26 bits per heavy atom. The van der Waals surface area contributed by atoms with Crippen LogP contribution in [-0.4, -0.2) is 58.4 Å². The van der Waals surface area contributed by atoms with Crippen molar-refractivity contribution < 1.29 is 37.4 Å². The van der Waals surface area contributed by atoms with E-state index in [1.54, 1.807) is 20.8 Å². The highest BCUT2D eigenvalue weighted by molar-refractivity contribution is 9.12. The smallest absolute Gasteiger partial charge is 0.408 e. The first-order valence-electron chi connectivity index (χ1n) is 9.65. The molecule has 0 aliphatic carbocycles. The Labute approximate surface area is 203 Å². The number of esters is 2. The summed E-state index contributed by atoms with van der Waals surface area (Å²) in [7, 11) is 2.13. The van der Waals surface area contributed by atoms with E-state index in [-0.39, 0.29) is 4.48 Å². The van der Waals surface area contributed by atoms with Crippen LogP contribution in [-0.2, 0) is 20.8 Å². The molecular weight excluding hydrogens is 522 g/mol. The van der Waals surface area contributed by atoms with Crippen LogP contribution in [0.1, 0.15) is 55.1 Å². The van der Waals surface area contributed by atoms with Crippen molar-refractivity contribution in [2.24, 2.45) is 0 Å². The zero-order valence-electron chi connectivity index (χ0n) is 19.5. The molecule has 0 saturated heterocycles. The van der Waals surface area contributed by atoms with Crippen LogP contribution in [0.2, 0.25) is 0 Å². The fourth-order valence-electron chi connectivity index (χ4n) is 2.64. The van der Waals surface area contributed by atoms with Gasteiger partial charge >= 0.3 is 18.0 Å². The van der Waals surface area contributed by atoms with Gasteiger partial charge in [-0.3, -0.25) is 0 Å². The van der Waals surface area contributed by atoms with Gasteiger partial charge < -0.3 is 19.5 Å². The van der Waals surface area contributed by atoms with Crippen LogP contribution in [0, 0.1) is 12.3 Å². The molecule has 13 heteroatoms. The van der Waals surface area contributed by atoms with Gasteiger partial charge in [-0.25, -0.2) is 27.8 Å². The second-order valence-corrected chi connectivity index (χ2v) is 9.04. The summed E-state index contributed by atoms with van der Waals surface area (Å²) in [6.07, 6.45) is 4.20. The van der Waals surface area contributed by atoms with E-state index >= 15 is 0 Å². The Morgan fingerprint density at radius 2 is 1.76 bits per heavy atom. The fourth-order valence-corrected chi connectivity index (χ4v) is 2.84. The van der Waals surface area contributed by atoms with Crippen molar-refractivity contribution in [3.8, 4) is 12.3 Å². The van der Waals surface area contributed by atoms with Crippen molar-refractivity contribution in [2.45, 2.75) is 51.8 Å². The van der Waals surface area contributed by atoms with Gasteiger partial charge in [0.2, 0.25) is 5.69 Å². The maximum atomic E-state index is 14.8. The normalized spacial score (nSPS) is 14.3. The number of nitrogens with one attached hydrogen (secondary N) is 1. The third-order valence-corrected chi connectivity index (χ3v) is 4.45. The van der Waals surface area contributed by atoms with E-state index in [9.17, 15) is 23.2 Å². The molecule has 10 nitrogen and oxygen atoms in total. The van der Waals surface area contributed by atoms with Crippen LogP contribution < -0.4 is 5.32 Å². The molecule has 0 aliphatic rings. The lowest BCUT2D eigenvalue weighted by Crippen LogP contribution is -2.51. The van der Waals surface area contributed by atoms with Gasteiger partial charge in [-0.2, -0.15) is 0 Å². The van der Waals surface area contributed by atoms with Gasteiger partial charge in [0.25, 0.3) is 0 Å². The molecule has 0 unspecified atom stereocenters. The van der Waals surface area contributed by atoms with Crippen molar-refractivity contribution in [2.75, 3.05) is 14.2 Å². The molecule has 186 valence electrons. The summed E-state index contributed by atoms with van der Waals surface area (Å²) in [6, 6.07) is 0. The molecule has 1 atom stereocenters. The number of methoxy groups -OCH3 is 2. The quantitative estimate of drug-likeness (QED) is 0.227. The minimum atomic E-state index is -1.63. The molecule has 34 heavy (non-hydrogen) atoms. The molecule has 0 fully saturated rings. The first-order valence-corrected chi connectivity index (χ1v) is 10.4. The summed E-state index contributed by atoms with van der Waals surface area (Å²) in [5, 5.41) is 9.81. The lowest BCUT2D eigenvalue weighted by Gasteiger charge is -2.31. The maximum Gasteiger partial charge on any atom is 0.408 e. The van der Waals surface area contributed by atoms with Crippen LogP contribution >= 0.6 is 15.9 Å². The summed E-state index contributed by atoms with van der Waals surface area (Å²) < 4.78 is 44.4. The number of allylic oxidation sites excluding steroid dienone is 3. The Kier molecular flexibility index (Phi) is 9.93. The zero-order valence-corrected chi connectivity index (χ0v) is 21.1. The predicted molar refractivity (Wildman–Crippen MR) is 120 cm³/mol. The highest BCUT2D eigenvalue weighted by atomic mass is 79.9. The minimum absolute atomic E-state index is 0.0473. The SMILES string of the molecule is C#C/C(Br)=C\C(F)=C(\F)C[C@](C)(Cn1nnc(C(=O)OC)c1C(=O)OC)NC(=O)OC(C)(C)C. The van der Waals surface area contributed by atoms with E-state index in [1.807, 2.05) is 0 Å². The molecule has 0 bridgehead atoms. The minimum Gasteiger partial charge on any atom is -0.464 e. The molecule has 0 spiro atoms. The summed E-state index contributed by atoms with van der Waals surface area (Å²) in [5.41, 5.74) is -3.40. The lowest BCUT2D eigenvalue weighted by molar-refractivity contribution is 0.0443. The summed E-state index contributed by atoms with van der Waals surface area (Å²) in [5.74, 6) is -2.44. The number of alkyl carbamates (subject to hydrolysis) is 1. The highest BCUT2D eigenvalue weighted by Crippen LogP contribution is 2.26. The maximum absolute atomic E-state index is 14.8. The third-order valence-electron chi connectivity index (χ3n) is 3.99. The Morgan fingerprint density at radius 1 is 1.18 bits per heavy atom. The van der Waals surface area contributed by atoms with E-state index in [2.05, 4.69) is 47.0 Å². The van der Waals surface area contributed by atoms with Gasteiger partial charge in [0.1, 0.15) is 11.4 Å². The molecule has 0 aromatic carbocycles. The second-order valence-electron chi connectivity index (χ2n) is 8.18. The van der Waals surface area contributed by atoms with Crippen LogP contribution in [0.3, 0.4) is 0 Å². The zero-order chi connectivity index (χ0) is 26.3. The molecule has 0 saturated carbocycles. The molecule has 1 amide bonds. The average Bonchev–Trinajstić information content (AvgIpc) is 3.13. The summed E-state index contributed by atoms with van der Waals surface area (Å²) in [6.45, 7) is 5.75.